The van der Waals surface area contributed by atoms with Crippen LogP contribution in [0.2, 0.25) is 0 Å². The van der Waals surface area contributed by atoms with Crippen molar-refractivity contribution in [1.82, 2.24) is 35.0 Å². The van der Waals surface area contributed by atoms with Gasteiger partial charge in [0.1, 0.15) is 11.8 Å². The van der Waals surface area contributed by atoms with Crippen molar-refractivity contribution >= 4 is 10.9 Å². The molecule has 1 aliphatic carbocycles. The van der Waals surface area contributed by atoms with Crippen molar-refractivity contribution in [1.29, 1.82) is 0 Å². The Morgan fingerprint density at radius 1 is 1.08 bits per heavy atom. The van der Waals surface area contributed by atoms with Gasteiger partial charge in [0.15, 0.2) is 5.82 Å². The third-order valence-corrected chi connectivity index (χ3v) is 8.38. The van der Waals surface area contributed by atoms with Gasteiger partial charge in [-0.2, -0.15) is 0 Å². The second-order valence-electron chi connectivity index (χ2n) is 10.6. The van der Waals surface area contributed by atoms with Crippen molar-refractivity contribution in [3.8, 4) is 5.75 Å². The lowest BCUT2D eigenvalue weighted by Gasteiger charge is -2.43. The molecule has 0 unspecified atom stereocenters. The third kappa shape index (κ3) is 5.15. The molecule has 2 aliphatic heterocycles. The molecule has 3 fully saturated rings. The minimum Gasteiger partial charge on any atom is -0.497 e. The highest BCUT2D eigenvalue weighted by Crippen LogP contribution is 2.31. The van der Waals surface area contributed by atoms with E-state index in [1.54, 1.807) is 7.11 Å². The number of ether oxygens (including phenoxy) is 2. The summed E-state index contributed by atoms with van der Waals surface area (Å²) in [6, 6.07) is 8.04. The van der Waals surface area contributed by atoms with E-state index in [-0.39, 0.29) is 17.7 Å². The Morgan fingerprint density at radius 3 is 2.68 bits per heavy atom. The number of nitrogens with one attached hydrogen (secondary N) is 1. The summed E-state index contributed by atoms with van der Waals surface area (Å²) in [4.78, 5) is 21.6. The number of hydrogen-bond donors (Lipinski definition) is 1. The summed E-state index contributed by atoms with van der Waals surface area (Å²) in [6.45, 7) is 5.09. The average Bonchev–Trinajstić information content (AvgIpc) is 3.63. The number of benzene rings is 1. The summed E-state index contributed by atoms with van der Waals surface area (Å²) in [5.74, 6) is 1.46. The monoisotopic (exact) mass is 507 g/mol. The van der Waals surface area contributed by atoms with Crippen LogP contribution in [-0.2, 0) is 11.3 Å². The SMILES string of the molecule is COc1ccc2[nH]c(=O)c([C@H](c3nnnn3C[C@H]3CCCO3)N3CCN(C4CCCCC4)CC3)cc2c1. The van der Waals surface area contributed by atoms with Gasteiger partial charge in [0, 0.05) is 55.3 Å². The van der Waals surface area contributed by atoms with Gasteiger partial charge >= 0.3 is 0 Å². The molecule has 0 radical (unpaired) electrons. The number of piperazine rings is 1. The van der Waals surface area contributed by atoms with E-state index in [2.05, 4.69) is 30.3 Å². The van der Waals surface area contributed by atoms with E-state index in [0.717, 1.165) is 62.3 Å². The Morgan fingerprint density at radius 2 is 1.92 bits per heavy atom. The molecular weight excluding hydrogens is 470 g/mol. The summed E-state index contributed by atoms with van der Waals surface area (Å²) in [7, 11) is 1.65. The van der Waals surface area contributed by atoms with Crippen molar-refractivity contribution in [2.75, 3.05) is 39.9 Å². The van der Waals surface area contributed by atoms with Gasteiger partial charge in [0.25, 0.3) is 5.56 Å². The molecule has 6 rings (SSSR count). The number of methoxy groups -OCH3 is 1. The summed E-state index contributed by atoms with van der Waals surface area (Å²) in [5, 5.41) is 13.8. The first-order chi connectivity index (χ1) is 18.2. The van der Waals surface area contributed by atoms with E-state index in [0.29, 0.717) is 24.0 Å². The molecule has 0 spiro atoms. The van der Waals surface area contributed by atoms with Crippen LogP contribution >= 0.6 is 0 Å². The van der Waals surface area contributed by atoms with Crippen LogP contribution in [0.25, 0.3) is 10.9 Å². The highest BCUT2D eigenvalue weighted by molar-refractivity contribution is 5.80. The molecule has 3 aromatic rings. The number of hydrogen-bond acceptors (Lipinski definition) is 8. The molecule has 3 aliphatic rings. The quantitative estimate of drug-likeness (QED) is 0.521. The number of pyridine rings is 1. The van der Waals surface area contributed by atoms with E-state index >= 15 is 0 Å². The molecule has 10 nitrogen and oxygen atoms in total. The Labute approximate surface area is 216 Å². The maximum absolute atomic E-state index is 13.5. The second-order valence-corrected chi connectivity index (χ2v) is 10.6. The van der Waals surface area contributed by atoms with Gasteiger partial charge in [-0.15, -0.1) is 5.10 Å². The van der Waals surface area contributed by atoms with Crippen LogP contribution in [0.15, 0.2) is 29.1 Å². The van der Waals surface area contributed by atoms with Gasteiger partial charge in [-0.25, -0.2) is 4.68 Å². The third-order valence-electron chi connectivity index (χ3n) is 8.38. The first-order valence-electron chi connectivity index (χ1n) is 13.8. The van der Waals surface area contributed by atoms with E-state index in [1.807, 2.05) is 28.9 Å². The Bertz CT molecular complexity index is 1250. The van der Waals surface area contributed by atoms with Gasteiger partial charge in [-0.3, -0.25) is 14.6 Å². The van der Waals surface area contributed by atoms with Gasteiger partial charge in [-0.05, 0) is 60.4 Å². The molecule has 2 saturated heterocycles. The lowest BCUT2D eigenvalue weighted by Crippen LogP contribution is -2.52. The molecule has 2 aromatic heterocycles. The average molecular weight is 508 g/mol. The molecule has 1 saturated carbocycles. The molecule has 10 heteroatoms. The standard InChI is InChI=1S/C27H37N7O3/c1-36-21-9-10-24-19(16-21)17-23(27(35)28-24)25(26-29-30-31-34(26)18-22-8-5-15-37-22)33-13-11-32(12-14-33)20-6-3-2-4-7-20/h9-10,16-17,20,22,25H,2-8,11-15,18H2,1H3,(H,28,35)/t22-,25-/m1/s1. The van der Waals surface area contributed by atoms with Crippen molar-refractivity contribution in [3.63, 3.8) is 0 Å². The Hall–Kier alpha value is -2.82. The van der Waals surface area contributed by atoms with Gasteiger partial charge in [0.2, 0.25) is 0 Å². The van der Waals surface area contributed by atoms with Gasteiger partial charge in [0.05, 0.1) is 19.8 Å². The second kappa shape index (κ2) is 10.9. The Kier molecular flexibility index (Phi) is 7.21. The van der Waals surface area contributed by atoms with Crippen LogP contribution in [0.5, 0.6) is 5.75 Å². The first kappa shape index (κ1) is 24.5. The molecule has 1 aromatic carbocycles. The van der Waals surface area contributed by atoms with Crippen molar-refractivity contribution in [3.05, 3.63) is 46.0 Å². The molecule has 2 atom stereocenters. The van der Waals surface area contributed by atoms with Crippen molar-refractivity contribution < 1.29 is 9.47 Å². The summed E-state index contributed by atoms with van der Waals surface area (Å²) >= 11 is 0. The van der Waals surface area contributed by atoms with Gasteiger partial charge < -0.3 is 14.5 Å². The molecule has 37 heavy (non-hydrogen) atoms. The number of tetrazole rings is 1. The Balaban J connectivity index is 1.35. The van der Waals surface area contributed by atoms with Gasteiger partial charge in [-0.1, -0.05) is 19.3 Å². The van der Waals surface area contributed by atoms with Crippen LogP contribution in [0.1, 0.15) is 62.4 Å². The van der Waals surface area contributed by atoms with Crippen LogP contribution in [-0.4, -0.2) is 87.0 Å². The number of aromatic nitrogens is 5. The topological polar surface area (TPSA) is 101 Å². The number of fused-ring (bicyclic) bond motifs is 1. The minimum atomic E-state index is -0.343. The predicted octanol–water partition coefficient (Wildman–Crippen LogP) is 2.74. The smallest absolute Gasteiger partial charge is 0.253 e. The normalized spacial score (nSPS) is 23.0. The van der Waals surface area contributed by atoms with E-state index < -0.39 is 0 Å². The molecule has 4 heterocycles. The maximum Gasteiger partial charge on any atom is 0.253 e. The van der Waals surface area contributed by atoms with E-state index in [1.165, 1.54) is 32.1 Å². The molecule has 198 valence electrons. The molecule has 0 amide bonds. The largest absolute Gasteiger partial charge is 0.497 e. The summed E-state index contributed by atoms with van der Waals surface area (Å²) in [5.41, 5.74) is 1.34. The highest BCUT2D eigenvalue weighted by atomic mass is 16.5. The van der Waals surface area contributed by atoms with E-state index in [9.17, 15) is 4.79 Å². The number of nitrogens with zero attached hydrogens (tertiary/aromatic N) is 6. The lowest BCUT2D eigenvalue weighted by molar-refractivity contribution is 0.0593. The summed E-state index contributed by atoms with van der Waals surface area (Å²) in [6.07, 6.45) is 8.79. The maximum atomic E-state index is 13.5. The number of H-pyrrole nitrogens is 1. The fraction of sp³-hybridized carbons (Fsp3) is 0.630. The molecule has 0 bridgehead atoms. The first-order valence-corrected chi connectivity index (χ1v) is 13.8. The summed E-state index contributed by atoms with van der Waals surface area (Å²) < 4.78 is 13.2. The fourth-order valence-electron chi connectivity index (χ4n) is 6.36. The predicted molar refractivity (Wildman–Crippen MR) is 140 cm³/mol. The zero-order chi connectivity index (χ0) is 25.2. The molecular formula is C27H37N7O3. The van der Waals surface area contributed by atoms with Crippen LogP contribution in [0.4, 0.5) is 0 Å². The lowest BCUT2D eigenvalue weighted by atomic mass is 9.93. The van der Waals surface area contributed by atoms with Crippen LogP contribution < -0.4 is 10.3 Å². The number of rotatable bonds is 7. The minimum absolute atomic E-state index is 0.102. The zero-order valence-corrected chi connectivity index (χ0v) is 21.6. The zero-order valence-electron chi connectivity index (χ0n) is 21.6. The van der Waals surface area contributed by atoms with Crippen LogP contribution in [0.3, 0.4) is 0 Å². The van der Waals surface area contributed by atoms with Crippen molar-refractivity contribution in [2.45, 2.75) is 69.7 Å². The van der Waals surface area contributed by atoms with E-state index in [4.69, 9.17) is 9.47 Å². The fourth-order valence-corrected chi connectivity index (χ4v) is 6.36. The van der Waals surface area contributed by atoms with Crippen LogP contribution in [0, 0.1) is 0 Å². The van der Waals surface area contributed by atoms with Crippen molar-refractivity contribution in [2.24, 2.45) is 0 Å². The highest BCUT2D eigenvalue weighted by Gasteiger charge is 2.35. The number of aromatic amines is 1. The molecule has 1 N–H and O–H groups in total.